The van der Waals surface area contributed by atoms with Gasteiger partial charge in [0.15, 0.2) is 0 Å². The molecule has 3 rings (SSSR count). The van der Waals surface area contributed by atoms with E-state index in [0.29, 0.717) is 0 Å². The van der Waals surface area contributed by atoms with Crippen molar-refractivity contribution in [3.63, 3.8) is 0 Å². The van der Waals surface area contributed by atoms with E-state index < -0.39 is 17.2 Å². The Morgan fingerprint density at radius 3 is 1.61 bits per heavy atom. The maximum atomic E-state index is 7.82. The number of hydrogen-bond acceptors (Lipinski definition) is 5. The molecule has 0 atom stereocenters. The van der Waals surface area contributed by atoms with Crippen molar-refractivity contribution in [1.82, 2.24) is 0 Å². The van der Waals surface area contributed by atoms with E-state index >= 15 is 0 Å². The molecular weight excluding hydrogens is 454 g/mol. The molecule has 0 spiro atoms. The van der Waals surface area contributed by atoms with E-state index in [1.165, 1.54) is 33.4 Å². The van der Waals surface area contributed by atoms with Gasteiger partial charge in [-0.25, -0.2) is 4.31 Å². The SMILES string of the molecule is CC(C)(C)c1ccc(-c2cccc(-c3ccccc3)c2)c(C(C)(C)C)c1.OP(O)OP(O)O. The highest BCUT2D eigenvalue weighted by Crippen LogP contribution is 2.41. The molecule has 0 heterocycles. The van der Waals surface area contributed by atoms with Gasteiger partial charge in [0, 0.05) is 0 Å². The van der Waals surface area contributed by atoms with Gasteiger partial charge in [0.05, 0.1) is 0 Å². The number of rotatable bonds is 4. The molecule has 3 aromatic carbocycles. The maximum absolute atomic E-state index is 7.82. The molecule has 4 N–H and O–H groups in total. The van der Waals surface area contributed by atoms with E-state index in [1.807, 2.05) is 0 Å². The molecule has 0 aromatic heterocycles. The second-order valence-electron chi connectivity index (χ2n) is 9.79. The van der Waals surface area contributed by atoms with Gasteiger partial charge in [-0.3, -0.25) is 0 Å². The third-order valence-corrected chi connectivity index (χ3v) is 6.29. The van der Waals surface area contributed by atoms with Crippen LogP contribution < -0.4 is 0 Å². The fraction of sp³-hybridized carbons (Fsp3) is 0.308. The van der Waals surface area contributed by atoms with Crippen molar-refractivity contribution in [3.05, 3.63) is 83.9 Å². The van der Waals surface area contributed by atoms with Gasteiger partial charge in [0.1, 0.15) is 0 Å². The molecule has 0 amide bonds. The van der Waals surface area contributed by atoms with Gasteiger partial charge in [0.25, 0.3) is 0 Å². The molecule has 33 heavy (non-hydrogen) atoms. The van der Waals surface area contributed by atoms with Crippen molar-refractivity contribution < 1.29 is 23.9 Å². The lowest BCUT2D eigenvalue weighted by atomic mass is 9.77. The first-order valence-electron chi connectivity index (χ1n) is 10.6. The predicted octanol–water partition coefficient (Wildman–Crippen LogP) is 7.04. The maximum Gasteiger partial charge on any atom is 0.334 e. The van der Waals surface area contributed by atoms with Crippen LogP contribution in [-0.4, -0.2) is 19.6 Å². The quantitative estimate of drug-likeness (QED) is 0.296. The predicted molar refractivity (Wildman–Crippen MR) is 139 cm³/mol. The minimum absolute atomic E-state index is 0.0966. The first-order valence-corrected chi connectivity index (χ1v) is 13.0. The summed E-state index contributed by atoms with van der Waals surface area (Å²) in [4.78, 5) is 31.3. The van der Waals surface area contributed by atoms with Gasteiger partial charge >= 0.3 is 17.2 Å². The summed E-state index contributed by atoms with van der Waals surface area (Å²) in [6, 6.07) is 26.5. The van der Waals surface area contributed by atoms with Crippen molar-refractivity contribution in [1.29, 1.82) is 0 Å². The summed E-state index contributed by atoms with van der Waals surface area (Å²) in [5, 5.41) is 0. The lowest BCUT2D eigenvalue weighted by molar-refractivity contribution is 0.324. The third kappa shape index (κ3) is 8.55. The standard InChI is InChI=1S/C26H30.H4O5P2/c1-25(2,3)22-15-16-23(24(18-22)26(4,5)6)21-14-10-13-20(17-21)19-11-8-7-9-12-19;1-6(2)5-7(3)4/h7-18H,1-6H3;1-4H. The van der Waals surface area contributed by atoms with E-state index in [4.69, 9.17) is 19.6 Å². The van der Waals surface area contributed by atoms with Crippen LogP contribution in [0.2, 0.25) is 0 Å². The largest absolute Gasteiger partial charge is 0.334 e. The smallest absolute Gasteiger partial charge is 0.328 e. The highest BCUT2D eigenvalue weighted by atomic mass is 31.2. The summed E-state index contributed by atoms with van der Waals surface area (Å²) in [5.41, 5.74) is 8.21. The van der Waals surface area contributed by atoms with Crippen LogP contribution in [0.4, 0.5) is 0 Å². The second-order valence-corrected chi connectivity index (χ2v) is 11.5. The van der Waals surface area contributed by atoms with E-state index in [-0.39, 0.29) is 10.8 Å². The van der Waals surface area contributed by atoms with Crippen LogP contribution in [0, 0.1) is 0 Å². The molecule has 0 saturated heterocycles. The minimum atomic E-state index is -2.61. The summed E-state index contributed by atoms with van der Waals surface area (Å²) in [7, 11) is -5.22. The lowest BCUT2D eigenvalue weighted by Crippen LogP contribution is -2.17. The van der Waals surface area contributed by atoms with Gasteiger partial charge in [-0.2, -0.15) is 0 Å². The zero-order chi connectivity index (χ0) is 24.8. The highest BCUT2D eigenvalue weighted by molar-refractivity contribution is 7.53. The Morgan fingerprint density at radius 2 is 1.12 bits per heavy atom. The van der Waals surface area contributed by atoms with Crippen LogP contribution >= 0.6 is 17.2 Å². The molecule has 5 nitrogen and oxygen atoms in total. The summed E-state index contributed by atoms with van der Waals surface area (Å²) < 4.78 is 3.60. The fourth-order valence-corrected chi connectivity index (χ4v) is 3.97. The summed E-state index contributed by atoms with van der Waals surface area (Å²) in [6.07, 6.45) is 0. The molecule has 0 aliphatic rings. The summed E-state index contributed by atoms with van der Waals surface area (Å²) in [5.74, 6) is 0. The molecule has 0 saturated carbocycles. The lowest BCUT2D eigenvalue weighted by Gasteiger charge is -2.28. The van der Waals surface area contributed by atoms with E-state index in [2.05, 4.69) is 119 Å². The second kappa shape index (κ2) is 11.6. The van der Waals surface area contributed by atoms with Gasteiger partial charge in [0.2, 0.25) is 0 Å². The molecule has 0 unspecified atom stereocenters. The monoisotopic (exact) mass is 488 g/mol. The summed E-state index contributed by atoms with van der Waals surface area (Å²) >= 11 is 0. The van der Waals surface area contributed by atoms with Crippen molar-refractivity contribution in [3.8, 4) is 22.3 Å². The first kappa shape index (κ1) is 27.6. The number of hydrogen-bond donors (Lipinski definition) is 4. The molecule has 0 aliphatic carbocycles. The van der Waals surface area contributed by atoms with Crippen LogP contribution in [0.25, 0.3) is 22.3 Å². The average Bonchev–Trinajstić information content (AvgIpc) is 2.72. The summed E-state index contributed by atoms with van der Waals surface area (Å²) in [6.45, 7) is 13.8. The zero-order valence-electron chi connectivity index (χ0n) is 20.0. The van der Waals surface area contributed by atoms with E-state index in [0.717, 1.165) is 0 Å². The normalized spacial score (nSPS) is 12.0. The Hall–Kier alpha value is -1.68. The van der Waals surface area contributed by atoms with Gasteiger partial charge in [-0.15, -0.1) is 0 Å². The Balaban J connectivity index is 0.000000479. The van der Waals surface area contributed by atoms with Crippen molar-refractivity contribution in [2.45, 2.75) is 52.4 Å². The molecule has 7 heteroatoms. The van der Waals surface area contributed by atoms with Crippen LogP contribution in [0.1, 0.15) is 52.7 Å². The zero-order valence-corrected chi connectivity index (χ0v) is 21.8. The van der Waals surface area contributed by atoms with Gasteiger partial charge < -0.3 is 19.6 Å². The van der Waals surface area contributed by atoms with Crippen molar-refractivity contribution in [2.24, 2.45) is 0 Å². The third-order valence-electron chi connectivity index (χ3n) is 5.12. The molecule has 0 radical (unpaired) electrons. The number of benzene rings is 3. The topological polar surface area (TPSA) is 90.2 Å². The molecule has 178 valence electrons. The minimum Gasteiger partial charge on any atom is -0.328 e. The molecule has 0 aliphatic heterocycles. The van der Waals surface area contributed by atoms with Crippen LogP contribution in [0.15, 0.2) is 72.8 Å². The van der Waals surface area contributed by atoms with Gasteiger partial charge in [-0.05, 0) is 50.3 Å². The van der Waals surface area contributed by atoms with Crippen molar-refractivity contribution in [2.75, 3.05) is 0 Å². The fourth-order valence-electron chi connectivity index (χ4n) is 3.45. The molecule has 0 fully saturated rings. The molecule has 3 aromatic rings. The molecular formula is C26H34O5P2. The van der Waals surface area contributed by atoms with E-state index in [9.17, 15) is 0 Å². The Labute approximate surface area is 199 Å². The van der Waals surface area contributed by atoms with Crippen molar-refractivity contribution >= 4 is 17.2 Å². The Bertz CT molecular complexity index is 1020. The van der Waals surface area contributed by atoms with E-state index in [1.54, 1.807) is 0 Å². The average molecular weight is 489 g/mol. The van der Waals surface area contributed by atoms with Crippen LogP contribution in [0.3, 0.4) is 0 Å². The Kier molecular flexibility index (Phi) is 9.72. The molecule has 0 bridgehead atoms. The van der Waals surface area contributed by atoms with Crippen LogP contribution in [-0.2, 0) is 15.1 Å². The highest BCUT2D eigenvalue weighted by Gasteiger charge is 2.22. The first-order chi connectivity index (χ1) is 15.3. The van der Waals surface area contributed by atoms with Gasteiger partial charge in [-0.1, -0.05) is 108 Å². The Morgan fingerprint density at radius 1 is 0.576 bits per heavy atom. The van der Waals surface area contributed by atoms with Crippen LogP contribution in [0.5, 0.6) is 0 Å².